The molecule has 0 bridgehead atoms. The van der Waals surface area contributed by atoms with Crippen molar-refractivity contribution in [2.24, 2.45) is 0 Å². The molecule has 0 radical (unpaired) electrons. The number of hydrogen-bond acceptors (Lipinski definition) is 5. The molecule has 1 rings (SSSR count). The van der Waals surface area contributed by atoms with Crippen LogP contribution in [0.4, 0.5) is 0 Å². The molecule has 5 heteroatoms. The first-order valence-corrected chi connectivity index (χ1v) is 7.51. The number of unbranched alkanes of at least 4 members (excludes halogenated alkanes) is 5. The average Bonchev–Trinajstić information content (AvgIpc) is 2.82. The molecule has 0 spiro atoms. The summed E-state index contributed by atoms with van der Waals surface area (Å²) in [5.41, 5.74) is 0. The van der Waals surface area contributed by atoms with Crippen molar-refractivity contribution in [1.29, 1.82) is 0 Å². The Balaban J connectivity index is 2.11. The normalized spacial score (nSPS) is 27.6. The Morgan fingerprint density at radius 3 is 2.65 bits per heavy atom. The first kappa shape index (κ1) is 17.6. The van der Waals surface area contributed by atoms with Crippen LogP contribution < -0.4 is 0 Å². The van der Waals surface area contributed by atoms with Gasteiger partial charge in [-0.15, -0.1) is 6.58 Å². The van der Waals surface area contributed by atoms with Crippen LogP contribution in [0.2, 0.25) is 0 Å². The third-order valence-electron chi connectivity index (χ3n) is 3.59. The van der Waals surface area contributed by atoms with E-state index in [1.54, 1.807) is 0 Å². The lowest BCUT2D eigenvalue weighted by atomic mass is 10.1. The lowest BCUT2D eigenvalue weighted by Crippen LogP contribution is -2.42. The fourth-order valence-electron chi connectivity index (χ4n) is 2.40. The summed E-state index contributed by atoms with van der Waals surface area (Å²) in [7, 11) is 0. The maximum absolute atomic E-state index is 9.75. The van der Waals surface area contributed by atoms with Gasteiger partial charge in [-0.3, -0.25) is 0 Å². The Morgan fingerprint density at radius 2 is 1.95 bits per heavy atom. The molecule has 0 aromatic carbocycles. The molecule has 1 aliphatic rings. The first-order valence-electron chi connectivity index (χ1n) is 7.51. The van der Waals surface area contributed by atoms with Crippen LogP contribution in [0, 0.1) is 0 Å². The van der Waals surface area contributed by atoms with Crippen LogP contribution in [0.15, 0.2) is 12.7 Å². The van der Waals surface area contributed by atoms with Crippen LogP contribution in [0.5, 0.6) is 0 Å². The molecule has 118 valence electrons. The fraction of sp³-hybridized carbons (Fsp3) is 0.867. The summed E-state index contributed by atoms with van der Waals surface area (Å²) in [6.07, 6.45) is 5.68. The maximum Gasteiger partial charge on any atom is 0.114 e. The second-order valence-corrected chi connectivity index (χ2v) is 5.30. The zero-order valence-electron chi connectivity index (χ0n) is 12.1. The van der Waals surface area contributed by atoms with Crippen molar-refractivity contribution < 1.29 is 24.8 Å². The summed E-state index contributed by atoms with van der Waals surface area (Å²) in [4.78, 5) is 0. The molecule has 20 heavy (non-hydrogen) atoms. The fourth-order valence-corrected chi connectivity index (χ4v) is 2.40. The Hall–Kier alpha value is -0.460. The van der Waals surface area contributed by atoms with E-state index in [0.717, 1.165) is 19.3 Å². The summed E-state index contributed by atoms with van der Waals surface area (Å²) in [5, 5.41) is 28.3. The number of allylic oxidation sites excluding steroid dienone is 1. The molecular weight excluding hydrogens is 260 g/mol. The molecule has 1 heterocycles. The van der Waals surface area contributed by atoms with Gasteiger partial charge < -0.3 is 24.8 Å². The van der Waals surface area contributed by atoms with Gasteiger partial charge in [0.2, 0.25) is 0 Å². The van der Waals surface area contributed by atoms with E-state index in [4.69, 9.17) is 14.6 Å². The Bertz CT molecular complexity index is 259. The van der Waals surface area contributed by atoms with Gasteiger partial charge >= 0.3 is 0 Å². The molecule has 3 N–H and O–H groups in total. The van der Waals surface area contributed by atoms with Crippen molar-refractivity contribution in [3.63, 3.8) is 0 Å². The summed E-state index contributed by atoms with van der Waals surface area (Å²) >= 11 is 0. The molecule has 1 fully saturated rings. The van der Waals surface area contributed by atoms with Crippen molar-refractivity contribution in [3.05, 3.63) is 12.7 Å². The molecular formula is C15H28O5. The average molecular weight is 288 g/mol. The van der Waals surface area contributed by atoms with Gasteiger partial charge in [0.05, 0.1) is 13.2 Å². The largest absolute Gasteiger partial charge is 0.394 e. The maximum atomic E-state index is 9.75. The van der Waals surface area contributed by atoms with E-state index in [9.17, 15) is 10.2 Å². The highest BCUT2D eigenvalue weighted by molar-refractivity contribution is 4.89. The molecule has 1 saturated heterocycles. The molecule has 0 aliphatic carbocycles. The van der Waals surface area contributed by atoms with Crippen LogP contribution in [0.1, 0.15) is 38.5 Å². The van der Waals surface area contributed by atoms with Gasteiger partial charge in [-0.1, -0.05) is 25.3 Å². The highest BCUT2D eigenvalue weighted by atomic mass is 16.6. The Kier molecular flexibility index (Phi) is 9.05. The van der Waals surface area contributed by atoms with Gasteiger partial charge in [0.25, 0.3) is 0 Å². The number of hydrogen-bond donors (Lipinski definition) is 3. The van der Waals surface area contributed by atoms with Crippen LogP contribution in [0.3, 0.4) is 0 Å². The third kappa shape index (κ3) is 5.89. The summed E-state index contributed by atoms with van der Waals surface area (Å²) in [6, 6.07) is 0. The monoisotopic (exact) mass is 288 g/mol. The van der Waals surface area contributed by atoms with Gasteiger partial charge in [-0.2, -0.15) is 0 Å². The quantitative estimate of drug-likeness (QED) is 0.391. The zero-order valence-corrected chi connectivity index (χ0v) is 12.1. The predicted molar refractivity (Wildman–Crippen MR) is 76.5 cm³/mol. The number of aliphatic hydroxyl groups excluding tert-OH is 3. The Morgan fingerprint density at radius 1 is 1.25 bits per heavy atom. The van der Waals surface area contributed by atoms with E-state index in [2.05, 4.69) is 6.58 Å². The SMILES string of the molecule is C=CCCCCCCCO[C@H]1[C@@H]([C@@H](O)CO)OC[C@H]1O. The molecule has 0 amide bonds. The van der Waals surface area contributed by atoms with E-state index < -0.39 is 24.4 Å². The summed E-state index contributed by atoms with van der Waals surface area (Å²) in [6.45, 7) is 3.99. The third-order valence-corrected chi connectivity index (χ3v) is 3.59. The zero-order chi connectivity index (χ0) is 14.8. The number of ether oxygens (including phenoxy) is 2. The minimum atomic E-state index is -1.00. The Labute approximate surface area is 121 Å². The second-order valence-electron chi connectivity index (χ2n) is 5.30. The minimum Gasteiger partial charge on any atom is -0.394 e. The van der Waals surface area contributed by atoms with Crippen molar-refractivity contribution in [2.75, 3.05) is 19.8 Å². The smallest absolute Gasteiger partial charge is 0.114 e. The van der Waals surface area contributed by atoms with Crippen LogP contribution in [-0.2, 0) is 9.47 Å². The van der Waals surface area contributed by atoms with Crippen molar-refractivity contribution in [1.82, 2.24) is 0 Å². The standard InChI is InChI=1S/C15H28O5/c1-2-3-4-5-6-7-8-9-19-15-13(18)11-20-14(15)12(17)10-16/h2,12-18H,1,3-11H2/t12-,13+,14+,15+/m0/s1. The van der Waals surface area contributed by atoms with Crippen LogP contribution >= 0.6 is 0 Å². The van der Waals surface area contributed by atoms with Crippen molar-refractivity contribution >= 4 is 0 Å². The van der Waals surface area contributed by atoms with E-state index in [1.165, 1.54) is 19.3 Å². The molecule has 0 aromatic rings. The lowest BCUT2D eigenvalue weighted by molar-refractivity contribution is -0.0938. The van der Waals surface area contributed by atoms with Gasteiger partial charge in [-0.05, 0) is 19.3 Å². The highest BCUT2D eigenvalue weighted by Gasteiger charge is 2.40. The predicted octanol–water partition coefficient (Wildman–Crippen LogP) is 1.01. The molecule has 0 saturated carbocycles. The summed E-state index contributed by atoms with van der Waals surface area (Å²) in [5.74, 6) is 0. The van der Waals surface area contributed by atoms with Crippen LogP contribution in [0.25, 0.3) is 0 Å². The van der Waals surface area contributed by atoms with E-state index >= 15 is 0 Å². The van der Waals surface area contributed by atoms with Crippen LogP contribution in [-0.4, -0.2) is 59.6 Å². The second kappa shape index (κ2) is 10.3. The van der Waals surface area contributed by atoms with E-state index in [-0.39, 0.29) is 13.2 Å². The minimum absolute atomic E-state index is 0.147. The molecule has 0 unspecified atom stereocenters. The summed E-state index contributed by atoms with van der Waals surface area (Å²) < 4.78 is 10.9. The number of rotatable bonds is 11. The first-order chi connectivity index (χ1) is 9.70. The molecule has 4 atom stereocenters. The van der Waals surface area contributed by atoms with Gasteiger partial charge in [0, 0.05) is 6.61 Å². The van der Waals surface area contributed by atoms with Gasteiger partial charge in [-0.25, -0.2) is 0 Å². The van der Waals surface area contributed by atoms with Crippen molar-refractivity contribution in [3.8, 4) is 0 Å². The topological polar surface area (TPSA) is 79.2 Å². The van der Waals surface area contributed by atoms with E-state index in [1.807, 2.05) is 6.08 Å². The van der Waals surface area contributed by atoms with E-state index in [0.29, 0.717) is 6.61 Å². The molecule has 0 aromatic heterocycles. The molecule has 5 nitrogen and oxygen atoms in total. The van der Waals surface area contributed by atoms with Crippen molar-refractivity contribution in [2.45, 2.75) is 62.9 Å². The highest BCUT2D eigenvalue weighted by Crippen LogP contribution is 2.21. The van der Waals surface area contributed by atoms with Gasteiger partial charge in [0.15, 0.2) is 0 Å². The lowest BCUT2D eigenvalue weighted by Gasteiger charge is -2.23. The number of aliphatic hydroxyl groups is 3. The van der Waals surface area contributed by atoms with Gasteiger partial charge in [0.1, 0.15) is 24.4 Å². The molecule has 1 aliphatic heterocycles.